The van der Waals surface area contributed by atoms with Crippen LogP contribution >= 0.6 is 0 Å². The van der Waals surface area contributed by atoms with E-state index in [-0.39, 0.29) is 42.0 Å². The number of halogens is 2. The van der Waals surface area contributed by atoms with Crippen molar-refractivity contribution in [3.63, 3.8) is 0 Å². The van der Waals surface area contributed by atoms with Crippen LogP contribution in [0, 0.1) is 23.5 Å². The molecule has 2 aliphatic heterocycles. The van der Waals surface area contributed by atoms with Crippen molar-refractivity contribution in [2.45, 2.75) is 44.9 Å². The topological polar surface area (TPSA) is 96.7 Å². The van der Waals surface area contributed by atoms with Gasteiger partial charge >= 0.3 is 0 Å². The largest absolute Gasteiger partial charge is 0.384 e. The molecule has 8 nitrogen and oxygen atoms in total. The number of rotatable bonds is 9. The smallest absolute Gasteiger partial charge is 0.251 e. The molecular weight excluding hydrogens is 518 g/mol. The zero-order valence-corrected chi connectivity index (χ0v) is 22.4. The Balaban J connectivity index is 1.65. The number of aliphatic hydroxyl groups excluding tert-OH is 1. The number of amides is 2. The van der Waals surface area contributed by atoms with E-state index in [1.165, 1.54) is 6.92 Å². The Morgan fingerprint density at radius 3 is 2.62 bits per heavy atom. The minimum atomic E-state index is -1.27. The molecule has 3 heterocycles. The highest BCUT2D eigenvalue weighted by Gasteiger charge is 2.40. The maximum absolute atomic E-state index is 14.9. The number of aliphatic hydroxyl groups is 1. The second-order valence-corrected chi connectivity index (χ2v) is 10.7. The third-order valence-electron chi connectivity index (χ3n) is 7.68. The molecule has 40 heavy (non-hydrogen) atoms. The molecule has 3 atom stereocenters. The van der Waals surface area contributed by atoms with Crippen molar-refractivity contribution in [3.8, 4) is 11.3 Å². The first-order valence-corrected chi connectivity index (χ1v) is 13.7. The lowest BCUT2D eigenvalue weighted by molar-refractivity contribution is -0.145. The number of hydrogen-bond acceptors (Lipinski definition) is 5. The minimum Gasteiger partial charge on any atom is -0.384 e. The molecule has 0 saturated carbocycles. The number of carbonyl (C=O) groups excluding carboxylic acids is 2. The summed E-state index contributed by atoms with van der Waals surface area (Å²) in [6.07, 6.45) is 2.00. The number of aromatic nitrogens is 2. The molecule has 212 valence electrons. The van der Waals surface area contributed by atoms with Crippen molar-refractivity contribution in [3.05, 3.63) is 77.8 Å². The summed E-state index contributed by atoms with van der Waals surface area (Å²) in [6, 6.07) is 12.3. The van der Waals surface area contributed by atoms with Crippen molar-refractivity contribution >= 4 is 11.8 Å². The third kappa shape index (κ3) is 6.23. The SMILES string of the molecule is C[C@H](O)C(=O)N(CC1CNC(=O)C1)C(c1nc(-c2cc(F)ccc2F)cn1Cc1ccccc1)C1CCOCC1. The first-order valence-electron chi connectivity index (χ1n) is 13.7. The molecule has 2 aromatic carbocycles. The number of hydrogen-bond donors (Lipinski definition) is 2. The Labute approximate surface area is 232 Å². The van der Waals surface area contributed by atoms with Crippen LogP contribution in [0.15, 0.2) is 54.7 Å². The number of carbonyl (C=O) groups is 2. The maximum Gasteiger partial charge on any atom is 0.251 e. The molecule has 0 spiro atoms. The summed E-state index contributed by atoms with van der Waals surface area (Å²) in [7, 11) is 0. The van der Waals surface area contributed by atoms with Crippen molar-refractivity contribution < 1.29 is 28.2 Å². The van der Waals surface area contributed by atoms with Gasteiger partial charge in [-0.15, -0.1) is 0 Å². The summed E-state index contributed by atoms with van der Waals surface area (Å²) >= 11 is 0. The number of benzene rings is 2. The Morgan fingerprint density at radius 2 is 1.95 bits per heavy atom. The molecule has 2 saturated heterocycles. The first-order chi connectivity index (χ1) is 19.3. The van der Waals surface area contributed by atoms with E-state index in [9.17, 15) is 23.5 Å². The first kappa shape index (κ1) is 27.9. The second kappa shape index (κ2) is 12.3. The quantitative estimate of drug-likeness (QED) is 0.422. The van der Waals surface area contributed by atoms with E-state index in [4.69, 9.17) is 9.72 Å². The number of imidazole rings is 1. The van der Waals surface area contributed by atoms with Gasteiger partial charge in [0.15, 0.2) is 0 Å². The molecule has 2 N–H and O–H groups in total. The van der Waals surface area contributed by atoms with Crippen LogP contribution < -0.4 is 5.32 Å². The van der Waals surface area contributed by atoms with Gasteiger partial charge in [0.05, 0.1) is 11.7 Å². The molecule has 2 unspecified atom stereocenters. The fraction of sp³-hybridized carbons (Fsp3) is 0.433. The third-order valence-corrected chi connectivity index (χ3v) is 7.68. The van der Waals surface area contributed by atoms with Gasteiger partial charge in [0.2, 0.25) is 5.91 Å². The van der Waals surface area contributed by atoms with Crippen LogP contribution in [0.1, 0.15) is 43.6 Å². The van der Waals surface area contributed by atoms with Crippen LogP contribution in [-0.2, 0) is 20.9 Å². The molecular formula is C30H34F2N4O4. The van der Waals surface area contributed by atoms with E-state index in [1.807, 2.05) is 34.9 Å². The van der Waals surface area contributed by atoms with Crippen LogP contribution in [0.5, 0.6) is 0 Å². The van der Waals surface area contributed by atoms with E-state index < -0.39 is 29.7 Å². The van der Waals surface area contributed by atoms with Gasteiger partial charge in [-0.3, -0.25) is 9.59 Å². The lowest BCUT2D eigenvalue weighted by Gasteiger charge is -2.40. The Morgan fingerprint density at radius 1 is 1.20 bits per heavy atom. The Hall–Kier alpha value is -3.63. The van der Waals surface area contributed by atoms with Gasteiger partial charge in [0.25, 0.3) is 5.91 Å². The van der Waals surface area contributed by atoms with Crippen molar-refractivity contribution in [1.82, 2.24) is 19.8 Å². The molecule has 0 aliphatic carbocycles. The highest BCUT2D eigenvalue weighted by atomic mass is 19.1. The zero-order valence-electron chi connectivity index (χ0n) is 22.4. The average Bonchev–Trinajstić information content (AvgIpc) is 3.56. The van der Waals surface area contributed by atoms with Crippen molar-refractivity contribution in [1.29, 1.82) is 0 Å². The van der Waals surface area contributed by atoms with Crippen LogP contribution in [0.25, 0.3) is 11.3 Å². The van der Waals surface area contributed by atoms with E-state index in [2.05, 4.69) is 5.32 Å². The monoisotopic (exact) mass is 552 g/mol. The molecule has 10 heteroatoms. The summed E-state index contributed by atoms with van der Waals surface area (Å²) < 4.78 is 36.6. The molecule has 0 bridgehead atoms. The van der Waals surface area contributed by atoms with Gasteiger partial charge < -0.3 is 24.6 Å². The molecule has 3 aromatic rings. The van der Waals surface area contributed by atoms with E-state index in [1.54, 1.807) is 11.1 Å². The molecule has 0 radical (unpaired) electrons. The van der Waals surface area contributed by atoms with Crippen LogP contribution in [0.3, 0.4) is 0 Å². The maximum atomic E-state index is 14.9. The molecule has 5 rings (SSSR count). The fourth-order valence-corrected chi connectivity index (χ4v) is 5.69. The second-order valence-electron chi connectivity index (χ2n) is 10.7. The predicted octanol–water partition coefficient (Wildman–Crippen LogP) is 3.69. The minimum absolute atomic E-state index is 0.0257. The highest BCUT2D eigenvalue weighted by Crippen LogP contribution is 2.38. The summed E-state index contributed by atoms with van der Waals surface area (Å²) in [4.78, 5) is 32.1. The average molecular weight is 553 g/mol. The van der Waals surface area contributed by atoms with Crippen molar-refractivity contribution in [2.24, 2.45) is 11.8 Å². The lowest BCUT2D eigenvalue weighted by atomic mass is 9.88. The summed E-state index contributed by atoms with van der Waals surface area (Å²) in [5.74, 6) is -1.41. The number of nitrogens with zero attached hydrogens (tertiary/aromatic N) is 3. The highest BCUT2D eigenvalue weighted by molar-refractivity contribution is 5.81. The molecule has 2 fully saturated rings. The van der Waals surface area contributed by atoms with Gasteiger partial charge in [-0.05, 0) is 49.4 Å². The zero-order chi connectivity index (χ0) is 28.2. The van der Waals surface area contributed by atoms with Gasteiger partial charge in [0, 0.05) is 56.9 Å². The van der Waals surface area contributed by atoms with Crippen LogP contribution in [0.4, 0.5) is 8.78 Å². The Bertz CT molecular complexity index is 1340. The van der Waals surface area contributed by atoms with Crippen molar-refractivity contribution in [2.75, 3.05) is 26.3 Å². The molecule has 2 aliphatic rings. The normalized spacial score (nSPS) is 19.3. The summed E-state index contributed by atoms with van der Waals surface area (Å²) in [6.45, 7) is 3.50. The molecule has 1 aromatic heterocycles. The van der Waals surface area contributed by atoms with E-state index in [0.717, 1.165) is 23.8 Å². The number of ether oxygens (including phenoxy) is 1. The number of nitrogens with one attached hydrogen (secondary N) is 1. The van der Waals surface area contributed by atoms with Crippen LogP contribution in [-0.4, -0.2) is 63.8 Å². The fourth-order valence-electron chi connectivity index (χ4n) is 5.69. The standard InChI is InChI=1S/C30H34F2N4O4/c1-19(37)30(39)36(17-21-13-27(38)33-15-21)28(22-9-11-40-12-10-22)29-34-26(24-14-23(31)7-8-25(24)32)18-35(29)16-20-5-3-2-4-6-20/h2-8,14,18-19,21-22,28,37H,9-13,15-17H2,1H3,(H,33,38)/t19-,21?,28?/m0/s1. The van der Waals surface area contributed by atoms with Gasteiger partial charge in [-0.2, -0.15) is 0 Å². The molecule has 2 amide bonds. The van der Waals surface area contributed by atoms with Gasteiger partial charge in [0.1, 0.15) is 23.6 Å². The van der Waals surface area contributed by atoms with Gasteiger partial charge in [-0.25, -0.2) is 13.8 Å². The van der Waals surface area contributed by atoms with E-state index >= 15 is 0 Å². The Kier molecular flexibility index (Phi) is 8.56. The van der Waals surface area contributed by atoms with E-state index in [0.29, 0.717) is 45.0 Å². The van der Waals surface area contributed by atoms with Crippen LogP contribution in [0.2, 0.25) is 0 Å². The summed E-state index contributed by atoms with van der Waals surface area (Å²) in [5, 5.41) is 13.3. The van der Waals surface area contributed by atoms with Gasteiger partial charge in [-0.1, -0.05) is 30.3 Å². The lowest BCUT2D eigenvalue weighted by Crippen LogP contribution is -2.47. The summed E-state index contributed by atoms with van der Waals surface area (Å²) in [5.41, 5.74) is 1.25. The predicted molar refractivity (Wildman–Crippen MR) is 144 cm³/mol.